The van der Waals surface area contributed by atoms with Crippen molar-refractivity contribution in [1.29, 1.82) is 0 Å². The van der Waals surface area contributed by atoms with Crippen molar-refractivity contribution in [2.24, 2.45) is 0 Å². The van der Waals surface area contributed by atoms with Gasteiger partial charge >= 0.3 is 0 Å². The Morgan fingerprint density at radius 1 is 0.882 bits per heavy atom. The van der Waals surface area contributed by atoms with E-state index in [1.807, 2.05) is 0 Å². The summed E-state index contributed by atoms with van der Waals surface area (Å²) in [6.45, 7) is -2.60. The standard InChI is InChI=1S/C9H10O.C7H8/c1-7-3-5-9(6-4-7)8(2)10;1-7-5-3-2-4-6-7/h3-6H,1-2H3;2-6H,1H3/i2*1D3. The highest BCUT2D eigenvalue weighted by atomic mass is 16.1. The van der Waals surface area contributed by atoms with E-state index in [4.69, 9.17) is 8.22 Å². The number of aryl methyl sites for hydroxylation is 2. The molecular weight excluding hydrogens is 208 g/mol. The van der Waals surface area contributed by atoms with E-state index in [-0.39, 0.29) is 11.3 Å². The number of hydrogen-bond acceptors (Lipinski definition) is 1. The second-order valence-electron chi connectivity index (χ2n) is 3.50. The van der Waals surface area contributed by atoms with E-state index < -0.39 is 13.7 Å². The Labute approximate surface area is 112 Å². The first kappa shape index (κ1) is 6.75. The lowest BCUT2D eigenvalue weighted by atomic mass is 10.1. The van der Waals surface area contributed by atoms with Gasteiger partial charge in [-0.1, -0.05) is 65.7 Å². The van der Waals surface area contributed by atoms with Gasteiger partial charge in [0, 0.05) is 13.8 Å². The van der Waals surface area contributed by atoms with Gasteiger partial charge in [-0.05, 0) is 20.6 Å². The zero-order valence-electron chi connectivity index (χ0n) is 15.6. The molecular formula is C16H18O. The van der Waals surface area contributed by atoms with Crippen LogP contribution >= 0.6 is 0 Å². The molecule has 0 aliphatic rings. The van der Waals surface area contributed by atoms with E-state index in [1.54, 1.807) is 30.3 Å². The van der Waals surface area contributed by atoms with Crippen molar-refractivity contribution in [3.63, 3.8) is 0 Å². The first-order valence-electron chi connectivity index (χ1n) is 8.19. The third kappa shape index (κ3) is 5.12. The molecule has 0 heterocycles. The van der Waals surface area contributed by atoms with Gasteiger partial charge in [-0.25, -0.2) is 0 Å². The van der Waals surface area contributed by atoms with Gasteiger partial charge in [-0.2, -0.15) is 0 Å². The van der Waals surface area contributed by atoms with Crippen molar-refractivity contribution < 1.29 is 13.0 Å². The van der Waals surface area contributed by atoms with Crippen molar-refractivity contribution in [2.75, 3.05) is 0 Å². The van der Waals surface area contributed by atoms with Gasteiger partial charge in [0.05, 0.1) is 0 Å². The molecule has 2 rings (SSSR count). The minimum absolute atomic E-state index is 0.0582. The van der Waals surface area contributed by atoms with Gasteiger partial charge in [-0.15, -0.1) is 0 Å². The van der Waals surface area contributed by atoms with Crippen LogP contribution in [0.3, 0.4) is 0 Å². The maximum atomic E-state index is 10.9. The molecule has 0 spiro atoms. The molecule has 0 saturated carbocycles. The summed E-state index contributed by atoms with van der Waals surface area (Å²) in [5.74, 6) is -0.0582. The van der Waals surface area contributed by atoms with Crippen LogP contribution in [0.2, 0.25) is 0 Å². The quantitative estimate of drug-likeness (QED) is 0.674. The predicted octanol–water partition coefficient (Wildman–Crippen LogP) is 4.19. The topological polar surface area (TPSA) is 17.1 Å². The van der Waals surface area contributed by atoms with Gasteiger partial charge in [0.2, 0.25) is 0 Å². The molecule has 0 N–H and O–H groups in total. The fourth-order valence-corrected chi connectivity index (χ4v) is 1.14. The summed E-state index contributed by atoms with van der Waals surface area (Å²) in [5.41, 5.74) is 1.19. The molecule has 2 aromatic carbocycles. The van der Waals surface area contributed by atoms with E-state index in [0.29, 0.717) is 11.1 Å². The van der Waals surface area contributed by atoms with Gasteiger partial charge in [0.1, 0.15) is 0 Å². The van der Waals surface area contributed by atoms with Crippen LogP contribution in [0.5, 0.6) is 0 Å². The zero-order chi connectivity index (χ0) is 17.7. The molecule has 0 atom stereocenters. The lowest BCUT2D eigenvalue weighted by Gasteiger charge is -1.93. The molecule has 0 saturated heterocycles. The Morgan fingerprint density at radius 3 is 1.82 bits per heavy atom. The number of carbonyl (C=O) groups excluding carboxylic acids is 1. The second kappa shape index (κ2) is 6.64. The molecule has 0 aliphatic heterocycles. The van der Waals surface area contributed by atoms with Gasteiger partial charge in [0.15, 0.2) is 5.78 Å². The molecule has 1 heteroatoms. The van der Waals surface area contributed by atoms with Crippen LogP contribution in [0.15, 0.2) is 54.6 Å². The summed E-state index contributed by atoms with van der Waals surface area (Å²) in [5, 5.41) is 0. The first-order chi connectivity index (χ1) is 10.5. The number of Topliss-reactive ketones (excluding diaryl/α,β-unsaturated/α-hetero) is 1. The lowest BCUT2D eigenvalue weighted by molar-refractivity contribution is 0.101. The fourth-order valence-electron chi connectivity index (χ4n) is 1.14. The molecule has 0 unspecified atom stereocenters. The van der Waals surface area contributed by atoms with Crippen molar-refractivity contribution in [3.8, 4) is 0 Å². The Bertz CT molecular complexity index is 626. The Kier molecular flexibility index (Phi) is 2.64. The number of benzene rings is 2. The largest absolute Gasteiger partial charge is 0.295 e. The number of carbonyl (C=O) groups is 1. The molecule has 1 nitrogen and oxygen atoms in total. The Morgan fingerprint density at radius 2 is 1.41 bits per heavy atom. The van der Waals surface area contributed by atoms with Crippen LogP contribution in [0.4, 0.5) is 0 Å². The van der Waals surface area contributed by atoms with E-state index in [9.17, 15) is 4.79 Å². The van der Waals surface area contributed by atoms with Gasteiger partial charge in [0.25, 0.3) is 0 Å². The smallest absolute Gasteiger partial charge is 0.159 e. The average Bonchev–Trinajstić information content (AvgIpc) is 2.47. The van der Waals surface area contributed by atoms with Crippen LogP contribution < -0.4 is 0 Å². The number of rotatable bonds is 1. The minimum atomic E-state index is -2.09. The highest BCUT2D eigenvalue weighted by molar-refractivity contribution is 5.93. The highest BCUT2D eigenvalue weighted by Crippen LogP contribution is 2.02. The minimum Gasteiger partial charge on any atom is -0.295 e. The summed E-state index contributed by atoms with van der Waals surface area (Å²) >= 11 is 0. The maximum Gasteiger partial charge on any atom is 0.159 e. The average molecular weight is 232 g/mol. The van der Waals surface area contributed by atoms with Crippen molar-refractivity contribution >= 4 is 5.78 Å². The van der Waals surface area contributed by atoms with Crippen LogP contribution in [0.25, 0.3) is 0 Å². The third-order valence-electron chi connectivity index (χ3n) is 2.07. The summed E-state index contributed by atoms with van der Waals surface area (Å²) < 4.78 is 42.3. The van der Waals surface area contributed by atoms with E-state index >= 15 is 0 Å². The lowest BCUT2D eigenvalue weighted by Crippen LogP contribution is -1.90. The fraction of sp³-hybridized carbons (Fsp3) is 0.188. The van der Waals surface area contributed by atoms with Gasteiger partial charge < -0.3 is 0 Å². The number of hydrogen-bond donors (Lipinski definition) is 0. The van der Waals surface area contributed by atoms with Crippen LogP contribution in [-0.2, 0) is 0 Å². The summed E-state index contributed by atoms with van der Waals surface area (Å²) in [6, 6.07) is 14.4. The van der Waals surface area contributed by atoms with Crippen molar-refractivity contribution in [1.82, 2.24) is 0 Å². The monoisotopic (exact) mass is 232 g/mol. The molecule has 0 amide bonds. The molecule has 0 fully saturated rings. The Hall–Kier alpha value is -1.89. The SMILES string of the molecule is [2H]C([2H])([2H])c1ccc(C(C)=O)cc1.[2H]C([2H])([2H])c1ccccc1. The first-order valence-corrected chi connectivity index (χ1v) is 5.19. The second-order valence-corrected chi connectivity index (χ2v) is 3.50. The zero-order valence-corrected chi connectivity index (χ0v) is 9.60. The van der Waals surface area contributed by atoms with Crippen molar-refractivity contribution in [3.05, 3.63) is 71.3 Å². The molecule has 0 radical (unpaired) electrons. The van der Waals surface area contributed by atoms with E-state index in [2.05, 4.69) is 0 Å². The van der Waals surface area contributed by atoms with Gasteiger partial charge in [-0.3, -0.25) is 4.79 Å². The maximum absolute atomic E-state index is 10.9. The Balaban J connectivity index is 0.000000238. The van der Waals surface area contributed by atoms with E-state index in [1.165, 1.54) is 31.2 Å². The molecule has 2 aromatic rings. The van der Waals surface area contributed by atoms with E-state index in [0.717, 1.165) is 0 Å². The summed E-state index contributed by atoms with van der Waals surface area (Å²) in [7, 11) is 0. The number of ketones is 1. The normalized spacial score (nSPS) is 15.8. The highest BCUT2D eigenvalue weighted by Gasteiger charge is 1.95. The molecule has 17 heavy (non-hydrogen) atoms. The van der Waals surface area contributed by atoms with Crippen LogP contribution in [-0.4, -0.2) is 5.78 Å². The molecule has 0 aliphatic carbocycles. The molecule has 0 bridgehead atoms. The summed E-state index contributed by atoms with van der Waals surface area (Å²) in [6.07, 6.45) is 0. The van der Waals surface area contributed by atoms with Crippen LogP contribution in [0.1, 0.15) is 36.6 Å². The van der Waals surface area contributed by atoms with Crippen molar-refractivity contribution in [2.45, 2.75) is 20.6 Å². The molecule has 0 aromatic heterocycles. The summed E-state index contributed by atoms with van der Waals surface area (Å²) in [4.78, 5) is 10.9. The van der Waals surface area contributed by atoms with Crippen LogP contribution in [0, 0.1) is 13.7 Å². The predicted molar refractivity (Wildman–Crippen MR) is 72.4 cm³/mol. The molecule has 88 valence electrons. The third-order valence-corrected chi connectivity index (χ3v) is 2.07.